The number of hydrogen-bond acceptors (Lipinski definition) is 1. The molecule has 0 atom stereocenters. The third-order valence-corrected chi connectivity index (χ3v) is 14.8. The normalized spacial score (nSPS) is 13.2. The van der Waals surface area contributed by atoms with Gasteiger partial charge in [0.25, 0.3) is 0 Å². The molecular weight excluding hydrogens is 821 g/mol. The number of rotatable bonds is 8. The van der Waals surface area contributed by atoms with Gasteiger partial charge in [-0.25, -0.2) is 0 Å². The van der Waals surface area contributed by atoms with Crippen LogP contribution in [0.25, 0.3) is 93.2 Å². The van der Waals surface area contributed by atoms with Crippen molar-refractivity contribution in [3.8, 4) is 39.1 Å². The second-order valence-electron chi connectivity index (χ2n) is 18.5. The number of fused-ring (bicyclic) bond motifs is 7. The van der Waals surface area contributed by atoms with E-state index in [0.717, 1.165) is 22.7 Å². The molecule has 1 heterocycles. The van der Waals surface area contributed by atoms with E-state index in [1.165, 1.54) is 125 Å². The van der Waals surface area contributed by atoms with E-state index in [-0.39, 0.29) is 0 Å². The van der Waals surface area contributed by atoms with Crippen molar-refractivity contribution in [3.05, 3.63) is 242 Å². The summed E-state index contributed by atoms with van der Waals surface area (Å²) >= 11 is 0. The van der Waals surface area contributed by atoms with Crippen molar-refractivity contribution in [1.29, 1.82) is 0 Å². The lowest BCUT2D eigenvalue weighted by Crippen LogP contribution is -2.14. The topological polar surface area (TPSA) is 8.17 Å². The SMILES string of the molecule is c1ccc(-n2c3ccccc3c3c(-c4ccccc4N(c4ccccc4-c4cccc5c4ccc4ccccc45)c4ccccc4-c4cccc5cccc(C6CCCCC6)c45)cccc32)cc1. The predicted octanol–water partition coefficient (Wildman–Crippen LogP) is 18.8. The van der Waals surface area contributed by atoms with E-state index >= 15 is 0 Å². The highest BCUT2D eigenvalue weighted by Crippen LogP contribution is 2.51. The Morgan fingerprint density at radius 3 is 1.54 bits per heavy atom. The van der Waals surface area contributed by atoms with E-state index in [4.69, 9.17) is 0 Å². The first kappa shape index (κ1) is 40.1. The Hall–Kier alpha value is -8.20. The first-order valence-electron chi connectivity index (χ1n) is 24.4. The van der Waals surface area contributed by atoms with Crippen LogP contribution in [-0.4, -0.2) is 4.57 Å². The number of nitrogens with zero attached hydrogens (tertiary/aromatic N) is 2. The smallest absolute Gasteiger partial charge is 0.0547 e. The first-order valence-corrected chi connectivity index (χ1v) is 24.4. The zero-order valence-corrected chi connectivity index (χ0v) is 38.0. The van der Waals surface area contributed by atoms with Crippen LogP contribution in [0.1, 0.15) is 43.6 Å². The fraction of sp³-hybridized carbons (Fsp3) is 0.0909. The van der Waals surface area contributed by atoms with Gasteiger partial charge >= 0.3 is 0 Å². The van der Waals surface area contributed by atoms with Crippen LogP contribution in [-0.2, 0) is 0 Å². The molecule has 324 valence electrons. The average molecular weight is 871 g/mol. The first-order chi connectivity index (χ1) is 33.8. The number of benzene rings is 11. The van der Waals surface area contributed by atoms with Gasteiger partial charge in [-0.2, -0.15) is 0 Å². The van der Waals surface area contributed by atoms with Crippen molar-refractivity contribution < 1.29 is 0 Å². The summed E-state index contributed by atoms with van der Waals surface area (Å²) in [5.74, 6) is 0.555. The summed E-state index contributed by atoms with van der Waals surface area (Å²) < 4.78 is 2.42. The van der Waals surface area contributed by atoms with Crippen molar-refractivity contribution in [3.63, 3.8) is 0 Å². The molecule has 2 heteroatoms. The van der Waals surface area contributed by atoms with E-state index in [2.05, 4.69) is 246 Å². The lowest BCUT2D eigenvalue weighted by atomic mass is 9.80. The lowest BCUT2D eigenvalue weighted by Gasteiger charge is -2.32. The molecule has 13 rings (SSSR count). The van der Waals surface area contributed by atoms with Gasteiger partial charge in [-0.05, 0) is 116 Å². The number of hydrogen-bond donors (Lipinski definition) is 0. The van der Waals surface area contributed by atoms with Crippen molar-refractivity contribution in [2.75, 3.05) is 4.90 Å². The van der Waals surface area contributed by atoms with Gasteiger partial charge < -0.3 is 9.47 Å². The van der Waals surface area contributed by atoms with Gasteiger partial charge in [0.2, 0.25) is 0 Å². The van der Waals surface area contributed by atoms with Crippen LogP contribution in [0, 0.1) is 0 Å². The maximum Gasteiger partial charge on any atom is 0.0547 e. The van der Waals surface area contributed by atoms with Crippen LogP contribution in [0.2, 0.25) is 0 Å². The Kier molecular flexibility index (Phi) is 9.97. The van der Waals surface area contributed by atoms with Crippen molar-refractivity contribution in [2.45, 2.75) is 38.0 Å². The number of para-hydroxylation sites is 5. The molecular formula is C66H50N2. The van der Waals surface area contributed by atoms with Crippen LogP contribution in [0.3, 0.4) is 0 Å². The molecule has 1 aliphatic rings. The van der Waals surface area contributed by atoms with Gasteiger partial charge in [0, 0.05) is 33.2 Å². The Balaban J connectivity index is 1.11. The van der Waals surface area contributed by atoms with Gasteiger partial charge in [-0.1, -0.05) is 213 Å². The molecule has 0 bridgehead atoms. The lowest BCUT2D eigenvalue weighted by molar-refractivity contribution is 0.445. The summed E-state index contributed by atoms with van der Waals surface area (Å²) in [6.45, 7) is 0. The summed E-state index contributed by atoms with van der Waals surface area (Å²) in [4.78, 5) is 2.58. The summed E-state index contributed by atoms with van der Waals surface area (Å²) in [7, 11) is 0. The molecule has 11 aromatic carbocycles. The molecule has 0 saturated heterocycles. The highest BCUT2D eigenvalue weighted by Gasteiger charge is 2.27. The molecule has 0 unspecified atom stereocenters. The summed E-state index contributed by atoms with van der Waals surface area (Å²) in [5, 5.41) is 10.2. The van der Waals surface area contributed by atoms with Crippen LogP contribution < -0.4 is 4.90 Å². The van der Waals surface area contributed by atoms with E-state index < -0.39 is 0 Å². The zero-order valence-electron chi connectivity index (χ0n) is 38.0. The minimum Gasteiger partial charge on any atom is -0.309 e. The van der Waals surface area contributed by atoms with Crippen molar-refractivity contribution >= 4 is 71.2 Å². The van der Waals surface area contributed by atoms with E-state index in [1.54, 1.807) is 0 Å². The van der Waals surface area contributed by atoms with Crippen LogP contribution in [0.15, 0.2) is 237 Å². The largest absolute Gasteiger partial charge is 0.309 e. The van der Waals surface area contributed by atoms with Gasteiger partial charge in [0.05, 0.1) is 28.1 Å². The maximum absolute atomic E-state index is 2.58. The fourth-order valence-corrected chi connectivity index (χ4v) is 11.8. The average Bonchev–Trinajstić information content (AvgIpc) is 3.76. The molecule has 0 aliphatic heterocycles. The molecule has 2 nitrogen and oxygen atoms in total. The molecule has 12 aromatic rings. The molecule has 0 radical (unpaired) electrons. The van der Waals surface area contributed by atoms with Crippen LogP contribution in [0.4, 0.5) is 17.1 Å². The quantitative estimate of drug-likeness (QED) is 0.138. The molecule has 0 N–H and O–H groups in total. The fourth-order valence-electron chi connectivity index (χ4n) is 11.8. The highest BCUT2D eigenvalue weighted by atomic mass is 15.2. The molecule has 1 saturated carbocycles. The highest BCUT2D eigenvalue weighted by molar-refractivity contribution is 6.18. The standard InChI is InChI=1S/C66H50N2/c1-3-21-45(22-4-1)50-33-17-24-47-25-18-36-57(65(47)50)55-30-10-14-39-61(55)68(60-38-13-9-29-54(60)52-35-19-34-51-49-28-8-7-23-46(49)43-44-53(51)52)62-40-15-11-31-56(62)58-37-20-42-64-66(58)59-32-12-16-41-63(59)67(64)48-26-5-2-6-27-48/h2,5-20,23-45H,1,3-4,21-22H2. The molecule has 0 amide bonds. The van der Waals surface area contributed by atoms with Gasteiger partial charge in [0.1, 0.15) is 0 Å². The molecule has 0 spiro atoms. The zero-order chi connectivity index (χ0) is 45.0. The molecule has 1 aliphatic carbocycles. The summed E-state index contributed by atoms with van der Waals surface area (Å²) in [5.41, 5.74) is 15.7. The second kappa shape index (κ2) is 16.9. The molecule has 1 fully saturated rings. The van der Waals surface area contributed by atoms with E-state index in [0.29, 0.717) is 5.92 Å². The Morgan fingerprint density at radius 2 is 0.809 bits per heavy atom. The summed E-state index contributed by atoms with van der Waals surface area (Å²) in [6.07, 6.45) is 6.41. The minimum absolute atomic E-state index is 0.555. The predicted molar refractivity (Wildman–Crippen MR) is 290 cm³/mol. The van der Waals surface area contributed by atoms with Crippen molar-refractivity contribution in [2.24, 2.45) is 0 Å². The third-order valence-electron chi connectivity index (χ3n) is 14.8. The van der Waals surface area contributed by atoms with E-state index in [1.807, 2.05) is 0 Å². The van der Waals surface area contributed by atoms with Crippen LogP contribution in [0.5, 0.6) is 0 Å². The summed E-state index contributed by atoms with van der Waals surface area (Å²) in [6, 6.07) is 88.0. The van der Waals surface area contributed by atoms with E-state index in [9.17, 15) is 0 Å². The Bertz CT molecular complexity index is 3850. The minimum atomic E-state index is 0.555. The molecule has 68 heavy (non-hydrogen) atoms. The Morgan fingerprint density at radius 1 is 0.309 bits per heavy atom. The molecule has 1 aromatic heterocycles. The maximum atomic E-state index is 2.58. The van der Waals surface area contributed by atoms with Crippen LogP contribution >= 0.6 is 0 Å². The van der Waals surface area contributed by atoms with Gasteiger partial charge in [-0.3, -0.25) is 0 Å². The number of aromatic nitrogens is 1. The third kappa shape index (κ3) is 6.62. The van der Waals surface area contributed by atoms with Gasteiger partial charge in [0.15, 0.2) is 0 Å². The van der Waals surface area contributed by atoms with Gasteiger partial charge in [-0.15, -0.1) is 0 Å². The number of anilines is 3. The second-order valence-corrected chi connectivity index (χ2v) is 18.5. The Labute approximate surface area is 398 Å². The monoisotopic (exact) mass is 870 g/mol. The van der Waals surface area contributed by atoms with Crippen molar-refractivity contribution in [1.82, 2.24) is 4.57 Å².